The number of benzene rings is 1. The fourth-order valence-corrected chi connectivity index (χ4v) is 15.9. The molecule has 121 heavy (non-hydrogen) atoms. The van der Waals surface area contributed by atoms with Crippen LogP contribution in [0.1, 0.15) is 131 Å². The molecule has 46 heteroatoms. The highest BCUT2D eigenvalue weighted by Crippen LogP contribution is 2.26. The van der Waals surface area contributed by atoms with Crippen LogP contribution in [0, 0.1) is 9.81 Å². The molecule has 0 spiro atoms. The van der Waals surface area contributed by atoms with Crippen LogP contribution in [0.25, 0.3) is 0 Å². The van der Waals surface area contributed by atoms with Gasteiger partial charge in [-0.15, -0.1) is 0 Å². The van der Waals surface area contributed by atoms with Crippen LogP contribution >= 0.6 is 33.3 Å². The first-order chi connectivity index (χ1) is 57.6. The lowest BCUT2D eigenvalue weighted by Crippen LogP contribution is -2.64. The standard InChI is InChI=1S/C75H144N22O21S3/c1-47(95-115)74(3,4)85-28-33-97(34-29-86-75(5,6)48(2)96-116)32-27-79-58(98)22-23-59(99)80-30-35-117-37-38-118-36-31-82-65(107)50(19-13-15-24-78-7)87-60(100)21-12-9-14-25-81-67(109)55-43-119-46-62(102)89-54(41-64(105)106)70(112)93-56-44-120-121-45-57(72(114)91-52(68(110)92-55)39-49-17-10-8-11-18-49)94-69(111)53(40-63(103)104)88-61(101)42-84-66(108)51(90-71(56)113)20-16-26-83-73(76)77/h8,10-11,17-18,47-48,50-57,61,63-64,66-69,71-72,78,81,84-86,88,90-92,94,101,103-106,108-111,113-114H,9,12-16,19-46H2,1-7H3,(H,79,98)(H,80,99)(H,82,107)(H,87,100)(H,89,102)(H,93,112)(H4,76,77,83)/t47?,48?,50-,51+,52+,53+,54-,55-,56-,57-,61-,66+,67-,68+,69+,71-,72-/m0/s1. The molecule has 31 N–H and O–H groups in total. The number of nitrogens with zero attached hydrogens (tertiary/aromatic N) is 4. The van der Waals surface area contributed by atoms with Gasteiger partial charge in [0.05, 0.1) is 62.4 Å². The second kappa shape index (κ2) is 62.7. The summed E-state index contributed by atoms with van der Waals surface area (Å²) >= 11 is 0.974. The maximum atomic E-state index is 14.2. The summed E-state index contributed by atoms with van der Waals surface area (Å²) in [6.07, 6.45) is -13.3. The van der Waals surface area contributed by atoms with Gasteiger partial charge in [0.15, 0.2) is 18.5 Å². The minimum atomic E-state index is -2.11. The third-order valence-electron chi connectivity index (χ3n) is 20.5. The average Bonchev–Trinajstić information content (AvgIpc) is 1.83. The summed E-state index contributed by atoms with van der Waals surface area (Å²) in [5.74, 6) is -3.96. The van der Waals surface area contributed by atoms with E-state index in [0.717, 1.165) is 39.8 Å². The minimum absolute atomic E-state index is 0.0169. The Morgan fingerprint density at radius 2 is 1.18 bits per heavy atom. The van der Waals surface area contributed by atoms with E-state index in [4.69, 9.17) is 20.9 Å². The molecule has 0 aromatic heterocycles. The number of rotatable bonds is 52. The number of aliphatic hydroxyl groups is 11. The Morgan fingerprint density at radius 3 is 1.79 bits per heavy atom. The number of nitrogens with two attached hydrogens (primary N) is 2. The van der Waals surface area contributed by atoms with Gasteiger partial charge < -0.3 is 125 Å². The number of guanidine groups is 1. The largest absolute Gasteiger partial charge is 0.377 e. The zero-order valence-corrected chi connectivity index (χ0v) is 73.5. The molecule has 0 aliphatic carbocycles. The lowest BCUT2D eigenvalue weighted by molar-refractivity contribution is -0.132. The zero-order valence-electron chi connectivity index (χ0n) is 71.1. The Bertz CT molecular complexity index is 3040. The van der Waals surface area contributed by atoms with Crippen molar-refractivity contribution >= 4 is 74.8 Å². The number of hydrogen-bond acceptors (Lipinski definition) is 38. The Hall–Kier alpha value is -5.40. The Balaban J connectivity index is 1.64. The maximum absolute atomic E-state index is 14.2. The van der Waals surface area contributed by atoms with Crippen molar-refractivity contribution in [2.45, 2.75) is 259 Å². The fraction of sp³-hybridized carbons (Fsp3) is 0.827. The molecule has 698 valence electrons. The quantitative estimate of drug-likeness (QED) is 0.00720. The van der Waals surface area contributed by atoms with E-state index in [1.54, 1.807) is 44.2 Å². The summed E-state index contributed by atoms with van der Waals surface area (Å²) in [4.78, 5) is 109. The number of thioether (sulfide) groups is 1. The number of nitroso groups, excluding NO2 is 2. The number of ether oxygens (including phenoxy) is 2. The number of carbonyl (C=O) groups excluding carboxylic acids is 6. The number of nitrogens with one attached hydrogen (secondary N) is 16. The maximum Gasteiger partial charge on any atom is 0.243 e. The van der Waals surface area contributed by atoms with Crippen LogP contribution < -0.4 is 96.5 Å². The van der Waals surface area contributed by atoms with Gasteiger partial charge in [0, 0.05) is 132 Å². The molecule has 43 nitrogen and oxygen atoms in total. The number of aliphatic imine (C=N–C) groups is 1. The lowest BCUT2D eigenvalue weighted by atomic mass is 9.97. The van der Waals surface area contributed by atoms with Crippen LogP contribution in [0.5, 0.6) is 0 Å². The average molecular weight is 1790 g/mol. The van der Waals surface area contributed by atoms with Crippen molar-refractivity contribution in [1.29, 1.82) is 0 Å². The molecule has 2 fully saturated rings. The Kier molecular flexibility index (Phi) is 56.9. The van der Waals surface area contributed by atoms with E-state index in [1.165, 1.54) is 0 Å². The van der Waals surface area contributed by atoms with Gasteiger partial charge in [0.1, 0.15) is 67.8 Å². The van der Waals surface area contributed by atoms with Gasteiger partial charge in [0.25, 0.3) is 0 Å². The van der Waals surface area contributed by atoms with Crippen LogP contribution in [-0.2, 0) is 44.7 Å². The predicted octanol–water partition coefficient (Wildman–Crippen LogP) is -7.06. The van der Waals surface area contributed by atoms with Gasteiger partial charge >= 0.3 is 0 Å². The highest BCUT2D eigenvalue weighted by molar-refractivity contribution is 8.76. The van der Waals surface area contributed by atoms with Crippen molar-refractivity contribution in [3.8, 4) is 0 Å². The van der Waals surface area contributed by atoms with Crippen molar-refractivity contribution < 1.29 is 94.4 Å². The number of amides is 6. The normalized spacial score (nSPS) is 24.3. The number of fused-ring (bicyclic) bond motifs is 5. The SMILES string of the molecule is CNCCCC[C@H](NC(=O)CCCCCN[C@@H](O)[C@@H]1CSCC(=O)N[C@@H](CC(O)O)C(=O)N[C@H]2CSSC[C@H](N[C@H](O)[C@@H](CC(O)O)N[C@@H](O)CN[C@H](O)[C@@H](CCCN=C(N)N)N[C@H]2O)[C@H](O)N[C@H](Cc2ccccc2)[C@@H](O)N1)C(=O)NCCOCCOCCNC(=O)CCC(=O)NCCN(CCNC(C)(C)C(C)N=O)CCNC(C)(C)C(C)N=O. The second-order valence-corrected chi connectivity index (χ2v) is 34.8. The molecule has 2 aliphatic rings. The molecule has 2 heterocycles. The fourth-order valence-electron chi connectivity index (χ4n) is 12.5. The number of carbonyl (C=O) groups is 6. The first-order valence-corrected chi connectivity index (χ1v) is 45.3. The van der Waals surface area contributed by atoms with Gasteiger partial charge in [-0.05, 0) is 119 Å². The van der Waals surface area contributed by atoms with Gasteiger partial charge in [0.2, 0.25) is 35.4 Å². The third-order valence-corrected chi connectivity index (χ3v) is 24.0. The lowest BCUT2D eigenvalue weighted by Gasteiger charge is -2.36. The number of β-amino-alcohol motifs (C(OH)–C–C–N with tert-alkyl or cyclic N) is 1. The number of unbranched alkanes of at least 4 members (excludes halogenated alkanes) is 3. The zero-order chi connectivity index (χ0) is 89.7. The first-order valence-electron chi connectivity index (χ1n) is 41.6. The molecule has 6 amide bonds. The third kappa shape index (κ3) is 48.8. The molecule has 1 aromatic carbocycles. The summed E-state index contributed by atoms with van der Waals surface area (Å²) < 4.78 is 11.3. The van der Waals surface area contributed by atoms with E-state index < -0.39 is 159 Å². The molecule has 2 saturated heterocycles. The molecule has 3 rings (SSSR count). The van der Waals surface area contributed by atoms with Crippen LogP contribution in [0.15, 0.2) is 45.7 Å². The number of aliphatic hydroxyl groups excluding tert-OH is 9. The smallest absolute Gasteiger partial charge is 0.243 e. The van der Waals surface area contributed by atoms with Crippen molar-refractivity contribution in [1.82, 2.24) is 90.0 Å². The van der Waals surface area contributed by atoms with Crippen molar-refractivity contribution in [3.05, 3.63) is 45.7 Å². The monoisotopic (exact) mass is 1790 g/mol. The molecule has 2 bridgehead atoms. The second-order valence-electron chi connectivity index (χ2n) is 31.3. The van der Waals surface area contributed by atoms with Gasteiger partial charge in [-0.1, -0.05) is 68.7 Å². The Labute approximate surface area is 722 Å². The summed E-state index contributed by atoms with van der Waals surface area (Å²) in [6, 6.07) is -1.53. The minimum Gasteiger partial charge on any atom is -0.377 e. The van der Waals surface area contributed by atoms with Crippen molar-refractivity contribution in [2.75, 3.05) is 135 Å². The van der Waals surface area contributed by atoms with E-state index >= 15 is 0 Å². The summed E-state index contributed by atoms with van der Waals surface area (Å²) in [6.45, 7) is 15.9. The molecule has 0 radical (unpaired) electrons. The first kappa shape index (κ1) is 110. The Morgan fingerprint density at radius 1 is 0.603 bits per heavy atom. The molecule has 2 unspecified atom stereocenters. The van der Waals surface area contributed by atoms with E-state index in [1.807, 2.05) is 34.7 Å². The predicted molar refractivity (Wildman–Crippen MR) is 464 cm³/mol. The van der Waals surface area contributed by atoms with E-state index in [2.05, 4.69) is 105 Å². The highest BCUT2D eigenvalue weighted by Gasteiger charge is 2.37. The molecular formula is C75H144N22O21S3. The molecule has 0 saturated carbocycles. The van der Waals surface area contributed by atoms with E-state index in [-0.39, 0.29) is 144 Å². The summed E-state index contributed by atoms with van der Waals surface area (Å²) in [5, 5.41) is 177. The molecular weight excluding hydrogens is 1640 g/mol. The van der Waals surface area contributed by atoms with Gasteiger partial charge in [-0.2, -0.15) is 21.6 Å². The molecule has 2 aliphatic heterocycles. The van der Waals surface area contributed by atoms with Crippen LogP contribution in [-0.4, -0.2) is 365 Å². The van der Waals surface area contributed by atoms with Crippen molar-refractivity contribution in [2.24, 2.45) is 26.8 Å². The molecule has 1 aromatic rings. The van der Waals surface area contributed by atoms with Crippen LogP contribution in [0.2, 0.25) is 0 Å². The van der Waals surface area contributed by atoms with Crippen molar-refractivity contribution in [3.63, 3.8) is 0 Å². The van der Waals surface area contributed by atoms with E-state index in [0.29, 0.717) is 83.5 Å². The molecule has 17 atom stereocenters. The van der Waals surface area contributed by atoms with Crippen LogP contribution in [0.3, 0.4) is 0 Å². The van der Waals surface area contributed by atoms with Crippen LogP contribution in [0.4, 0.5) is 0 Å². The summed E-state index contributed by atoms with van der Waals surface area (Å²) in [7, 11) is 3.96. The van der Waals surface area contributed by atoms with Gasteiger partial charge in [-0.25, -0.2) is 0 Å². The number of hydrogen-bond donors (Lipinski definition) is 29. The van der Waals surface area contributed by atoms with E-state index in [9.17, 15) is 94.8 Å². The highest BCUT2D eigenvalue weighted by atomic mass is 33.1. The summed E-state index contributed by atoms with van der Waals surface area (Å²) in [5.41, 5.74) is 10.7. The topological polar surface area (TPSA) is 662 Å². The van der Waals surface area contributed by atoms with Gasteiger partial charge in [-0.3, -0.25) is 75.9 Å².